The van der Waals surface area contributed by atoms with E-state index in [0.29, 0.717) is 6.42 Å². The lowest BCUT2D eigenvalue weighted by atomic mass is 10.1. The van der Waals surface area contributed by atoms with Gasteiger partial charge in [0.2, 0.25) is 0 Å². The predicted octanol–water partition coefficient (Wildman–Crippen LogP) is 1.23. The third-order valence-corrected chi connectivity index (χ3v) is 1.87. The Morgan fingerprint density at radius 2 is 2.18 bits per heavy atom. The second kappa shape index (κ2) is 5.38. The van der Waals surface area contributed by atoms with Crippen molar-refractivity contribution in [2.75, 3.05) is 0 Å². The van der Waals surface area contributed by atoms with Crippen LogP contribution in [0.4, 0.5) is 0 Å². The second-order valence-electron chi connectivity index (χ2n) is 2.47. The highest BCUT2D eigenvalue weighted by atomic mass is 35.5. The SMILES string of the molecule is CCCC(Cl)C(O)CC(=O)O. The van der Waals surface area contributed by atoms with Crippen LogP contribution in [0.1, 0.15) is 26.2 Å². The van der Waals surface area contributed by atoms with Crippen LogP contribution in [0.3, 0.4) is 0 Å². The van der Waals surface area contributed by atoms with E-state index in [0.717, 1.165) is 6.42 Å². The van der Waals surface area contributed by atoms with Gasteiger partial charge in [0.1, 0.15) is 0 Å². The van der Waals surface area contributed by atoms with Crippen LogP contribution in [0.5, 0.6) is 0 Å². The third kappa shape index (κ3) is 5.04. The molecule has 0 aliphatic heterocycles. The number of aliphatic hydroxyl groups is 1. The number of carbonyl (C=O) groups is 1. The van der Waals surface area contributed by atoms with Crippen molar-refractivity contribution in [3.63, 3.8) is 0 Å². The van der Waals surface area contributed by atoms with Crippen LogP contribution < -0.4 is 0 Å². The summed E-state index contributed by atoms with van der Waals surface area (Å²) < 4.78 is 0. The second-order valence-corrected chi connectivity index (χ2v) is 3.03. The van der Waals surface area contributed by atoms with E-state index < -0.39 is 17.5 Å². The Hall–Kier alpha value is -0.280. The molecule has 11 heavy (non-hydrogen) atoms. The lowest BCUT2D eigenvalue weighted by molar-refractivity contribution is -0.139. The number of carboxylic acid groups (broad SMARTS) is 1. The Morgan fingerprint density at radius 1 is 1.64 bits per heavy atom. The van der Waals surface area contributed by atoms with Crippen LogP contribution in [0, 0.1) is 0 Å². The van der Waals surface area contributed by atoms with E-state index in [9.17, 15) is 4.79 Å². The van der Waals surface area contributed by atoms with Gasteiger partial charge in [-0.1, -0.05) is 13.3 Å². The van der Waals surface area contributed by atoms with Crippen molar-refractivity contribution in [3.05, 3.63) is 0 Å². The minimum Gasteiger partial charge on any atom is -0.481 e. The molecule has 0 bridgehead atoms. The van der Waals surface area contributed by atoms with Gasteiger partial charge in [0.15, 0.2) is 0 Å². The number of aliphatic carboxylic acids is 1. The Balaban J connectivity index is 3.63. The van der Waals surface area contributed by atoms with Crippen molar-refractivity contribution < 1.29 is 15.0 Å². The molecule has 0 radical (unpaired) electrons. The van der Waals surface area contributed by atoms with Gasteiger partial charge < -0.3 is 10.2 Å². The summed E-state index contributed by atoms with van der Waals surface area (Å²) in [5.41, 5.74) is 0. The molecule has 0 spiro atoms. The molecule has 2 atom stereocenters. The highest BCUT2D eigenvalue weighted by Gasteiger charge is 2.18. The van der Waals surface area contributed by atoms with Crippen molar-refractivity contribution in [2.24, 2.45) is 0 Å². The molecule has 0 aliphatic rings. The average molecular weight is 181 g/mol. The Kier molecular flexibility index (Phi) is 5.24. The molecule has 0 heterocycles. The molecule has 0 aromatic heterocycles. The van der Waals surface area contributed by atoms with Crippen molar-refractivity contribution in [1.29, 1.82) is 0 Å². The maximum atomic E-state index is 10.1. The van der Waals surface area contributed by atoms with E-state index in [4.69, 9.17) is 21.8 Å². The lowest BCUT2D eigenvalue weighted by Gasteiger charge is -2.13. The van der Waals surface area contributed by atoms with Gasteiger partial charge in [-0.2, -0.15) is 0 Å². The zero-order chi connectivity index (χ0) is 8.85. The summed E-state index contributed by atoms with van der Waals surface area (Å²) in [4.78, 5) is 10.1. The molecule has 0 amide bonds. The maximum absolute atomic E-state index is 10.1. The topological polar surface area (TPSA) is 57.5 Å². The fourth-order valence-electron chi connectivity index (χ4n) is 0.775. The molecule has 0 saturated carbocycles. The van der Waals surface area contributed by atoms with E-state index in [2.05, 4.69) is 0 Å². The quantitative estimate of drug-likeness (QED) is 0.626. The Labute approximate surface area is 71.0 Å². The predicted molar refractivity (Wildman–Crippen MR) is 42.8 cm³/mol. The lowest BCUT2D eigenvalue weighted by Crippen LogP contribution is -2.23. The van der Waals surface area contributed by atoms with Crippen LogP contribution in [0.25, 0.3) is 0 Å². The summed E-state index contributed by atoms with van der Waals surface area (Å²) in [5, 5.41) is 17.0. The number of halogens is 1. The fourth-order valence-corrected chi connectivity index (χ4v) is 1.08. The van der Waals surface area contributed by atoms with Crippen molar-refractivity contribution in [1.82, 2.24) is 0 Å². The van der Waals surface area contributed by atoms with Gasteiger partial charge in [0, 0.05) is 0 Å². The third-order valence-electron chi connectivity index (χ3n) is 1.37. The molecule has 0 aromatic carbocycles. The molecule has 2 N–H and O–H groups in total. The van der Waals surface area contributed by atoms with E-state index in [1.54, 1.807) is 0 Å². The van der Waals surface area contributed by atoms with Crippen molar-refractivity contribution >= 4 is 17.6 Å². The fraction of sp³-hybridized carbons (Fsp3) is 0.857. The normalized spacial score (nSPS) is 15.9. The van der Waals surface area contributed by atoms with E-state index in [-0.39, 0.29) is 6.42 Å². The highest BCUT2D eigenvalue weighted by Crippen LogP contribution is 2.12. The first-order chi connectivity index (χ1) is 5.07. The van der Waals surface area contributed by atoms with Gasteiger partial charge >= 0.3 is 5.97 Å². The van der Waals surface area contributed by atoms with Crippen LogP contribution in [-0.2, 0) is 4.79 Å². The van der Waals surface area contributed by atoms with E-state index in [1.807, 2.05) is 6.92 Å². The van der Waals surface area contributed by atoms with Gasteiger partial charge in [0.25, 0.3) is 0 Å². The number of alkyl halides is 1. The molecule has 3 nitrogen and oxygen atoms in total. The molecule has 66 valence electrons. The van der Waals surface area contributed by atoms with Gasteiger partial charge in [0.05, 0.1) is 17.9 Å². The van der Waals surface area contributed by atoms with Crippen molar-refractivity contribution in [2.45, 2.75) is 37.7 Å². The molecule has 2 unspecified atom stereocenters. The minimum atomic E-state index is -1.01. The molecule has 0 aliphatic carbocycles. The summed E-state index contributed by atoms with van der Waals surface area (Å²) in [7, 11) is 0. The van der Waals surface area contributed by atoms with Crippen LogP contribution in [0.15, 0.2) is 0 Å². The largest absolute Gasteiger partial charge is 0.481 e. The van der Waals surface area contributed by atoms with Crippen LogP contribution >= 0.6 is 11.6 Å². The molecule has 0 saturated heterocycles. The van der Waals surface area contributed by atoms with E-state index >= 15 is 0 Å². The number of hydrogen-bond donors (Lipinski definition) is 2. The van der Waals surface area contributed by atoms with Crippen molar-refractivity contribution in [3.8, 4) is 0 Å². The molecule has 0 aromatic rings. The maximum Gasteiger partial charge on any atom is 0.306 e. The molecule has 0 rings (SSSR count). The zero-order valence-electron chi connectivity index (χ0n) is 6.46. The minimum absolute atomic E-state index is 0.270. The summed E-state index contributed by atoms with van der Waals surface area (Å²) in [6.07, 6.45) is 0.309. The standard InChI is InChI=1S/C7H13ClO3/c1-2-3-5(8)6(9)4-7(10)11/h5-6,9H,2-4H2,1H3,(H,10,11). The Bertz CT molecular complexity index is 127. The van der Waals surface area contributed by atoms with Crippen LogP contribution in [-0.4, -0.2) is 27.7 Å². The first-order valence-electron chi connectivity index (χ1n) is 3.61. The van der Waals surface area contributed by atoms with Gasteiger partial charge in [-0.05, 0) is 6.42 Å². The first kappa shape index (κ1) is 10.7. The monoisotopic (exact) mass is 180 g/mol. The molecule has 0 fully saturated rings. The highest BCUT2D eigenvalue weighted by molar-refractivity contribution is 6.21. The Morgan fingerprint density at radius 3 is 2.55 bits per heavy atom. The summed E-state index contributed by atoms with van der Waals surface area (Å²) in [5.74, 6) is -1.01. The number of aliphatic hydroxyl groups excluding tert-OH is 1. The average Bonchev–Trinajstić information content (AvgIpc) is 1.86. The number of rotatable bonds is 5. The van der Waals surface area contributed by atoms with Gasteiger partial charge in [-0.25, -0.2) is 0 Å². The van der Waals surface area contributed by atoms with Gasteiger partial charge in [-0.3, -0.25) is 4.79 Å². The first-order valence-corrected chi connectivity index (χ1v) is 4.05. The smallest absolute Gasteiger partial charge is 0.306 e. The summed E-state index contributed by atoms with van der Waals surface area (Å²) >= 11 is 5.66. The summed E-state index contributed by atoms with van der Waals surface area (Å²) in [6, 6.07) is 0. The van der Waals surface area contributed by atoms with Gasteiger partial charge in [-0.15, -0.1) is 11.6 Å². The molecular formula is C7H13ClO3. The van der Waals surface area contributed by atoms with Crippen LogP contribution in [0.2, 0.25) is 0 Å². The number of hydrogen-bond acceptors (Lipinski definition) is 2. The summed E-state index contributed by atoms with van der Waals surface area (Å²) in [6.45, 7) is 1.93. The van der Waals surface area contributed by atoms with E-state index in [1.165, 1.54) is 0 Å². The molecule has 4 heteroatoms. The zero-order valence-corrected chi connectivity index (χ0v) is 7.21. The molecular weight excluding hydrogens is 168 g/mol. The number of carboxylic acids is 1.